The van der Waals surface area contributed by atoms with Crippen LogP contribution in [0.4, 0.5) is 0 Å². The van der Waals surface area contributed by atoms with Gasteiger partial charge in [0.2, 0.25) is 0 Å². The zero-order chi connectivity index (χ0) is 17.3. The molecule has 2 aromatic heterocycles. The fraction of sp³-hybridized carbons (Fsp3) is 0.421. The van der Waals surface area contributed by atoms with E-state index in [-0.39, 0.29) is 11.5 Å². The molecule has 5 nitrogen and oxygen atoms in total. The van der Waals surface area contributed by atoms with Gasteiger partial charge in [0.15, 0.2) is 0 Å². The van der Waals surface area contributed by atoms with E-state index < -0.39 is 0 Å². The van der Waals surface area contributed by atoms with Gasteiger partial charge in [-0.3, -0.25) is 14.2 Å². The van der Waals surface area contributed by atoms with Gasteiger partial charge in [-0.25, -0.2) is 4.98 Å². The van der Waals surface area contributed by atoms with Crippen LogP contribution in [0.5, 0.6) is 0 Å². The Bertz CT molecular complexity index is 873. The Kier molecular flexibility index (Phi) is 4.51. The molecule has 0 saturated heterocycles. The van der Waals surface area contributed by atoms with Gasteiger partial charge in [-0.15, -0.1) is 0 Å². The molecule has 5 heteroatoms. The number of rotatable bonds is 4. The maximum Gasteiger partial charge on any atom is 0.261 e. The molecule has 126 valence electrons. The minimum Gasteiger partial charge on any atom is -0.404 e. The lowest BCUT2D eigenvalue weighted by Crippen LogP contribution is -2.23. The van der Waals surface area contributed by atoms with E-state index in [1.807, 2.05) is 19.9 Å². The van der Waals surface area contributed by atoms with E-state index in [0.717, 1.165) is 40.8 Å². The van der Waals surface area contributed by atoms with Crippen molar-refractivity contribution in [3.05, 3.63) is 51.7 Å². The van der Waals surface area contributed by atoms with Crippen LogP contribution in [0.2, 0.25) is 0 Å². The molecule has 1 fully saturated rings. The first kappa shape index (κ1) is 16.4. The molecule has 0 aliphatic heterocycles. The summed E-state index contributed by atoms with van der Waals surface area (Å²) in [7, 11) is 1.73. The summed E-state index contributed by atoms with van der Waals surface area (Å²) in [5.74, 6) is 0.577. The molecule has 2 heterocycles. The standard InChI is InChI=1S/C19H24N4O/c1-12(2)16-11-22-18-17(13-5-4-6-13)15(14(9-20)10-21-3)7-8-23(18)19(16)24/h7-13H,4-6,20H2,1-3H3. The highest BCUT2D eigenvalue weighted by atomic mass is 16.1. The number of aliphatic imine (C=N–C) groups is 1. The molecule has 3 rings (SSSR count). The number of nitrogens with zero attached hydrogens (tertiary/aromatic N) is 3. The van der Waals surface area contributed by atoms with Gasteiger partial charge in [0.05, 0.1) is 0 Å². The lowest BCUT2D eigenvalue weighted by atomic mass is 9.77. The van der Waals surface area contributed by atoms with Crippen LogP contribution in [-0.4, -0.2) is 22.6 Å². The van der Waals surface area contributed by atoms with E-state index in [1.165, 1.54) is 6.42 Å². The minimum absolute atomic E-state index is 0.0181. The number of hydrogen-bond donors (Lipinski definition) is 1. The van der Waals surface area contributed by atoms with Gasteiger partial charge < -0.3 is 5.73 Å². The highest BCUT2D eigenvalue weighted by Crippen LogP contribution is 2.41. The van der Waals surface area contributed by atoms with Crippen LogP contribution in [0.1, 0.15) is 61.6 Å². The minimum atomic E-state index is 0.0181. The summed E-state index contributed by atoms with van der Waals surface area (Å²) < 4.78 is 1.68. The van der Waals surface area contributed by atoms with Crippen molar-refractivity contribution in [2.45, 2.75) is 44.9 Å². The van der Waals surface area contributed by atoms with E-state index in [2.05, 4.69) is 9.98 Å². The molecule has 0 aromatic carbocycles. The van der Waals surface area contributed by atoms with Gasteiger partial charge in [0.1, 0.15) is 5.65 Å². The maximum atomic E-state index is 12.8. The number of nitrogens with two attached hydrogens (primary N) is 1. The third-order valence-corrected chi connectivity index (χ3v) is 4.84. The summed E-state index contributed by atoms with van der Waals surface area (Å²) in [5, 5.41) is 0. The van der Waals surface area contributed by atoms with E-state index in [0.29, 0.717) is 5.92 Å². The molecule has 24 heavy (non-hydrogen) atoms. The fourth-order valence-electron chi connectivity index (χ4n) is 3.27. The van der Waals surface area contributed by atoms with E-state index in [1.54, 1.807) is 36.3 Å². The first-order chi connectivity index (χ1) is 11.6. The average molecular weight is 324 g/mol. The Labute approximate surface area is 141 Å². The second-order valence-corrected chi connectivity index (χ2v) is 6.65. The van der Waals surface area contributed by atoms with Crippen molar-refractivity contribution in [2.75, 3.05) is 7.05 Å². The molecule has 2 N–H and O–H groups in total. The highest BCUT2D eigenvalue weighted by molar-refractivity contribution is 6.10. The van der Waals surface area contributed by atoms with Gasteiger partial charge in [0, 0.05) is 48.6 Å². The molecular weight excluding hydrogens is 300 g/mol. The van der Waals surface area contributed by atoms with Gasteiger partial charge in [0.25, 0.3) is 5.56 Å². The van der Waals surface area contributed by atoms with E-state index >= 15 is 0 Å². The average Bonchev–Trinajstić information content (AvgIpc) is 2.51. The number of allylic oxidation sites excluding steroid dienone is 1. The topological polar surface area (TPSA) is 72.8 Å². The van der Waals surface area contributed by atoms with E-state index in [4.69, 9.17) is 5.73 Å². The highest BCUT2D eigenvalue weighted by Gasteiger charge is 2.27. The molecule has 0 bridgehead atoms. The maximum absolute atomic E-state index is 12.8. The van der Waals surface area contributed by atoms with Crippen molar-refractivity contribution in [1.29, 1.82) is 0 Å². The quantitative estimate of drug-likeness (QED) is 0.878. The second-order valence-electron chi connectivity index (χ2n) is 6.65. The van der Waals surface area contributed by atoms with Crippen molar-refractivity contribution in [1.82, 2.24) is 9.38 Å². The lowest BCUT2D eigenvalue weighted by Gasteiger charge is -2.29. The molecular formula is C19H24N4O. The molecule has 0 amide bonds. The zero-order valence-corrected chi connectivity index (χ0v) is 14.5. The second kappa shape index (κ2) is 6.59. The summed E-state index contributed by atoms with van der Waals surface area (Å²) in [4.78, 5) is 21.5. The first-order valence-electron chi connectivity index (χ1n) is 8.47. The van der Waals surface area contributed by atoms with Crippen molar-refractivity contribution < 1.29 is 0 Å². The van der Waals surface area contributed by atoms with Crippen LogP contribution in [-0.2, 0) is 0 Å². The molecule has 0 unspecified atom stereocenters. The van der Waals surface area contributed by atoms with Gasteiger partial charge >= 0.3 is 0 Å². The monoisotopic (exact) mass is 324 g/mol. The number of hydrogen-bond acceptors (Lipinski definition) is 4. The van der Waals surface area contributed by atoms with Gasteiger partial charge in [-0.1, -0.05) is 20.3 Å². The first-order valence-corrected chi connectivity index (χ1v) is 8.47. The summed E-state index contributed by atoms with van der Waals surface area (Å²) in [6, 6.07) is 1.97. The summed E-state index contributed by atoms with van der Waals surface area (Å²) in [6.45, 7) is 4.03. The Morgan fingerprint density at radius 2 is 2.21 bits per heavy atom. The molecule has 2 aromatic rings. The third kappa shape index (κ3) is 2.64. The van der Waals surface area contributed by atoms with Gasteiger partial charge in [-0.05, 0) is 36.3 Å². The summed E-state index contributed by atoms with van der Waals surface area (Å²) in [6.07, 6.45) is 10.3. The Hall–Kier alpha value is -2.43. The molecule has 1 saturated carbocycles. The predicted octanol–water partition coefficient (Wildman–Crippen LogP) is 3.09. The molecule has 0 spiro atoms. The van der Waals surface area contributed by atoms with Crippen LogP contribution in [0, 0.1) is 0 Å². The summed E-state index contributed by atoms with van der Waals surface area (Å²) in [5.41, 5.74) is 10.3. The number of aromatic nitrogens is 2. The van der Waals surface area contributed by atoms with Crippen molar-refractivity contribution in [3.8, 4) is 0 Å². The normalized spacial score (nSPS) is 16.2. The Morgan fingerprint density at radius 1 is 1.46 bits per heavy atom. The predicted molar refractivity (Wildman–Crippen MR) is 98.7 cm³/mol. The Morgan fingerprint density at radius 3 is 2.75 bits per heavy atom. The molecule has 0 radical (unpaired) electrons. The lowest BCUT2D eigenvalue weighted by molar-refractivity contribution is 0.420. The van der Waals surface area contributed by atoms with Crippen LogP contribution >= 0.6 is 0 Å². The fourth-order valence-corrected chi connectivity index (χ4v) is 3.27. The molecule has 1 aliphatic carbocycles. The largest absolute Gasteiger partial charge is 0.404 e. The van der Waals surface area contributed by atoms with Crippen molar-refractivity contribution >= 4 is 17.4 Å². The number of pyridine rings is 1. The smallest absolute Gasteiger partial charge is 0.261 e. The Balaban J connectivity index is 2.32. The van der Waals surface area contributed by atoms with Crippen LogP contribution in [0.25, 0.3) is 11.2 Å². The zero-order valence-electron chi connectivity index (χ0n) is 14.5. The SMILES string of the molecule is CN=CC(=CN)c1ccn2c(=O)c(C(C)C)cnc2c1C1CCC1. The van der Waals surface area contributed by atoms with Crippen molar-refractivity contribution in [3.63, 3.8) is 0 Å². The van der Waals surface area contributed by atoms with E-state index in [9.17, 15) is 4.79 Å². The summed E-state index contributed by atoms with van der Waals surface area (Å²) >= 11 is 0. The van der Waals surface area contributed by atoms with Gasteiger partial charge in [-0.2, -0.15) is 0 Å². The van der Waals surface area contributed by atoms with Crippen LogP contribution in [0.15, 0.2) is 34.4 Å². The molecule has 0 atom stereocenters. The number of fused-ring (bicyclic) bond motifs is 1. The van der Waals surface area contributed by atoms with Crippen molar-refractivity contribution in [2.24, 2.45) is 10.7 Å². The molecule has 1 aliphatic rings. The third-order valence-electron chi connectivity index (χ3n) is 4.84. The van der Waals surface area contributed by atoms with Crippen LogP contribution < -0.4 is 11.3 Å². The van der Waals surface area contributed by atoms with Crippen LogP contribution in [0.3, 0.4) is 0 Å².